The van der Waals surface area contributed by atoms with Crippen LogP contribution in [0, 0.1) is 11.8 Å². The van der Waals surface area contributed by atoms with Gasteiger partial charge in [0.1, 0.15) is 0 Å². The van der Waals surface area contributed by atoms with Crippen LogP contribution in [0.3, 0.4) is 0 Å². The fourth-order valence-electron chi connectivity index (χ4n) is 5.83. The molecule has 1 fully saturated rings. The molecule has 0 aromatic heterocycles. The van der Waals surface area contributed by atoms with E-state index in [-0.39, 0.29) is 11.8 Å². The van der Waals surface area contributed by atoms with E-state index in [4.69, 9.17) is 0 Å². The molecular formula is C40H32O2S2. The minimum Gasteiger partial charge on any atom is -0.392 e. The average molecular weight is 609 g/mol. The van der Waals surface area contributed by atoms with Crippen molar-refractivity contribution in [1.82, 2.24) is 0 Å². The maximum Gasteiger partial charge on any atom is 0.0716 e. The molecule has 1 saturated carbocycles. The first-order chi connectivity index (χ1) is 21.6. The highest BCUT2D eigenvalue weighted by molar-refractivity contribution is 8.17. The van der Waals surface area contributed by atoms with Crippen LogP contribution in [0.25, 0.3) is 19.6 Å². The summed E-state index contributed by atoms with van der Waals surface area (Å²) < 4.78 is 0. The van der Waals surface area contributed by atoms with E-state index in [1.807, 2.05) is 36.4 Å². The second kappa shape index (κ2) is 12.9. The Morgan fingerprint density at radius 3 is 0.886 bits per heavy atom. The van der Waals surface area contributed by atoms with E-state index in [1.165, 1.54) is 0 Å². The Bertz CT molecular complexity index is 1560. The zero-order valence-electron chi connectivity index (χ0n) is 24.0. The van der Waals surface area contributed by atoms with Gasteiger partial charge in [-0.25, -0.2) is 0 Å². The van der Waals surface area contributed by atoms with Gasteiger partial charge in [0, 0.05) is 31.5 Å². The third-order valence-corrected chi connectivity index (χ3v) is 10.5. The highest BCUT2D eigenvalue weighted by atomic mass is 32.2. The number of allylic oxidation sites excluding steroid dienone is 6. The van der Waals surface area contributed by atoms with Crippen LogP contribution in [-0.4, -0.2) is 22.4 Å². The van der Waals surface area contributed by atoms with E-state index in [2.05, 4.69) is 121 Å². The van der Waals surface area contributed by atoms with Crippen molar-refractivity contribution in [2.45, 2.75) is 12.2 Å². The highest BCUT2D eigenvalue weighted by Gasteiger charge is 2.46. The Morgan fingerprint density at radius 2 is 0.636 bits per heavy atom. The lowest BCUT2D eigenvalue weighted by Gasteiger charge is -2.44. The minimum absolute atomic E-state index is 0.357. The Balaban J connectivity index is 1.19. The Kier molecular flexibility index (Phi) is 8.41. The van der Waals surface area contributed by atoms with Crippen LogP contribution in [0.1, 0.15) is 22.3 Å². The van der Waals surface area contributed by atoms with Gasteiger partial charge in [-0.15, -0.1) is 0 Å². The van der Waals surface area contributed by atoms with Crippen molar-refractivity contribution < 1.29 is 10.2 Å². The molecule has 4 aromatic carbocycles. The maximum atomic E-state index is 11.4. The van der Waals surface area contributed by atoms with E-state index in [0.29, 0.717) is 0 Å². The molecular weight excluding hydrogens is 577 g/mol. The summed E-state index contributed by atoms with van der Waals surface area (Å²) in [4.78, 5) is 4.60. The number of aliphatic hydroxyl groups is 2. The van der Waals surface area contributed by atoms with Crippen molar-refractivity contribution in [3.63, 3.8) is 0 Å². The zero-order valence-corrected chi connectivity index (χ0v) is 25.7. The van der Waals surface area contributed by atoms with Crippen LogP contribution in [0.15, 0.2) is 169 Å². The quantitative estimate of drug-likeness (QED) is 0.229. The molecule has 0 unspecified atom stereocenters. The van der Waals surface area contributed by atoms with Gasteiger partial charge in [-0.3, -0.25) is 0 Å². The van der Waals surface area contributed by atoms with Crippen LogP contribution in [-0.2, 0) is 0 Å². The van der Waals surface area contributed by atoms with Crippen molar-refractivity contribution in [1.29, 1.82) is 0 Å². The van der Waals surface area contributed by atoms with Crippen LogP contribution in [0.5, 0.6) is 0 Å². The second-order valence-electron chi connectivity index (χ2n) is 11.2. The van der Waals surface area contributed by atoms with Crippen LogP contribution in [0.4, 0.5) is 0 Å². The Morgan fingerprint density at radius 1 is 0.386 bits per heavy atom. The fourth-order valence-corrected chi connectivity index (χ4v) is 8.09. The van der Waals surface area contributed by atoms with Crippen LogP contribution < -0.4 is 0 Å². The number of aliphatic hydroxyl groups excluding tert-OH is 2. The maximum absolute atomic E-state index is 11.4. The van der Waals surface area contributed by atoms with Crippen molar-refractivity contribution in [2.75, 3.05) is 0 Å². The Hall–Kier alpha value is -4.06. The lowest BCUT2D eigenvalue weighted by atomic mass is 9.67. The number of hydrogen-bond acceptors (Lipinski definition) is 4. The Labute approximate surface area is 267 Å². The van der Waals surface area contributed by atoms with Gasteiger partial charge in [0.2, 0.25) is 0 Å². The standard InChI is InChI=1S/C40H32O2S2/c41-39-33(21-27-23-35(29-13-5-1-6-14-29)43-36(24-27)30-15-7-2-8-16-30)40(42)34(39)22-28-25-37(31-17-9-3-10-18-31)44-38(26-28)32-19-11-4-12-20-32/h1-26,33-34,39-42H. The predicted molar refractivity (Wildman–Crippen MR) is 188 cm³/mol. The highest BCUT2D eigenvalue weighted by Crippen LogP contribution is 2.47. The summed E-state index contributed by atoms with van der Waals surface area (Å²) in [6.45, 7) is 0. The summed E-state index contributed by atoms with van der Waals surface area (Å²) in [6.07, 6.45) is 11.4. The summed E-state index contributed by atoms with van der Waals surface area (Å²) in [5, 5.41) is 22.8. The van der Waals surface area contributed by atoms with E-state index < -0.39 is 12.2 Å². The largest absolute Gasteiger partial charge is 0.392 e. The molecule has 0 spiro atoms. The van der Waals surface area contributed by atoms with Gasteiger partial charge in [0.05, 0.1) is 12.2 Å². The summed E-state index contributed by atoms with van der Waals surface area (Å²) in [5.74, 6) is -0.714. The van der Waals surface area contributed by atoms with Gasteiger partial charge in [0.15, 0.2) is 0 Å². The minimum atomic E-state index is -0.682. The molecule has 216 valence electrons. The van der Waals surface area contributed by atoms with E-state index in [9.17, 15) is 10.2 Å². The molecule has 0 atom stereocenters. The summed E-state index contributed by atoms with van der Waals surface area (Å²) in [6, 6.07) is 41.5. The molecule has 1 aliphatic carbocycles. The topological polar surface area (TPSA) is 40.5 Å². The van der Waals surface area contributed by atoms with Crippen molar-refractivity contribution in [3.05, 3.63) is 191 Å². The molecule has 2 aliphatic heterocycles. The zero-order chi connectivity index (χ0) is 29.9. The normalized spacial score (nSPS) is 23.0. The van der Waals surface area contributed by atoms with Gasteiger partial charge in [-0.1, -0.05) is 157 Å². The van der Waals surface area contributed by atoms with Crippen LogP contribution in [0.2, 0.25) is 0 Å². The van der Waals surface area contributed by atoms with Gasteiger partial charge in [-0.05, 0) is 57.7 Å². The molecule has 7 rings (SSSR count). The average Bonchev–Trinajstić information content (AvgIpc) is 3.10. The molecule has 3 aliphatic rings. The summed E-state index contributed by atoms with van der Waals surface area (Å²) in [5.41, 5.74) is 6.61. The predicted octanol–water partition coefficient (Wildman–Crippen LogP) is 9.46. The van der Waals surface area contributed by atoms with Crippen LogP contribution >= 0.6 is 23.5 Å². The number of thioether (sulfide) groups is 2. The second-order valence-corrected chi connectivity index (χ2v) is 13.3. The first-order valence-corrected chi connectivity index (χ1v) is 16.5. The molecule has 0 radical (unpaired) electrons. The molecule has 0 amide bonds. The molecule has 0 saturated heterocycles. The number of benzene rings is 4. The fraction of sp³-hybridized carbons (Fsp3) is 0.100. The van der Waals surface area contributed by atoms with Crippen molar-refractivity contribution in [3.8, 4) is 0 Å². The van der Waals surface area contributed by atoms with E-state index >= 15 is 0 Å². The van der Waals surface area contributed by atoms with Crippen molar-refractivity contribution >= 4 is 43.1 Å². The monoisotopic (exact) mass is 608 g/mol. The molecule has 0 bridgehead atoms. The van der Waals surface area contributed by atoms with Gasteiger partial charge >= 0.3 is 0 Å². The number of hydrogen-bond donors (Lipinski definition) is 2. The molecule has 4 heteroatoms. The molecule has 44 heavy (non-hydrogen) atoms. The third-order valence-electron chi connectivity index (χ3n) is 8.21. The van der Waals surface area contributed by atoms with E-state index in [0.717, 1.165) is 53.0 Å². The van der Waals surface area contributed by atoms with Crippen molar-refractivity contribution in [2.24, 2.45) is 11.8 Å². The summed E-state index contributed by atoms with van der Waals surface area (Å²) >= 11 is 3.50. The van der Waals surface area contributed by atoms with Gasteiger partial charge < -0.3 is 10.2 Å². The summed E-state index contributed by atoms with van der Waals surface area (Å²) in [7, 11) is 0. The van der Waals surface area contributed by atoms with E-state index in [1.54, 1.807) is 23.5 Å². The number of rotatable bonds is 6. The smallest absolute Gasteiger partial charge is 0.0716 e. The SMILES string of the molecule is OC1C(C=C2C=C(c3ccccc3)SC(c3ccccc3)=C2)C(O)C1C=C1C=C(c2ccccc2)SC(c2ccccc2)=C1. The molecule has 2 nitrogen and oxygen atoms in total. The lowest BCUT2D eigenvalue weighted by molar-refractivity contribution is -0.110. The van der Waals surface area contributed by atoms with Gasteiger partial charge in [0.25, 0.3) is 0 Å². The molecule has 2 N–H and O–H groups in total. The molecule has 2 heterocycles. The first-order valence-electron chi connectivity index (χ1n) is 14.9. The molecule has 4 aromatic rings. The third kappa shape index (κ3) is 6.12. The lowest BCUT2D eigenvalue weighted by Crippen LogP contribution is -2.53. The first kappa shape index (κ1) is 28.7. The van der Waals surface area contributed by atoms with Gasteiger partial charge in [-0.2, -0.15) is 0 Å².